The molecule has 28 heavy (non-hydrogen) atoms. The number of hydrogen-bond donors (Lipinski definition) is 4. The van der Waals surface area contributed by atoms with Crippen LogP contribution in [-0.2, 0) is 6.42 Å². The minimum atomic E-state index is 0.427. The molecule has 0 spiro atoms. The van der Waals surface area contributed by atoms with E-state index in [0.29, 0.717) is 12.1 Å². The summed E-state index contributed by atoms with van der Waals surface area (Å²) in [6, 6.07) is 18.2. The lowest BCUT2D eigenvalue weighted by atomic mass is 9.81. The average molecular weight is 377 g/mol. The van der Waals surface area contributed by atoms with Gasteiger partial charge >= 0.3 is 0 Å². The van der Waals surface area contributed by atoms with E-state index in [1.54, 1.807) is 0 Å². The molecule has 5 N–H and O–H groups in total. The molecule has 0 amide bonds. The zero-order chi connectivity index (χ0) is 18.9. The van der Waals surface area contributed by atoms with Crippen LogP contribution in [0.15, 0.2) is 48.5 Å². The van der Waals surface area contributed by atoms with E-state index < -0.39 is 0 Å². The molecule has 1 heterocycles. The molecule has 0 aliphatic heterocycles. The number of quaternary nitrogens is 1. The van der Waals surface area contributed by atoms with E-state index in [1.165, 1.54) is 71.7 Å². The van der Waals surface area contributed by atoms with Crippen molar-refractivity contribution in [1.82, 2.24) is 10.3 Å². The zero-order valence-corrected chi connectivity index (χ0v) is 16.3. The Hall–Kier alpha value is -2.14. The van der Waals surface area contributed by atoms with E-state index in [9.17, 15) is 5.21 Å². The molecule has 1 fully saturated rings. The number of fused-ring (bicyclic) bond motifs is 3. The molecule has 0 bridgehead atoms. The highest BCUT2D eigenvalue weighted by Crippen LogP contribution is 2.38. The van der Waals surface area contributed by atoms with Gasteiger partial charge in [0.2, 0.25) is 0 Å². The van der Waals surface area contributed by atoms with Crippen molar-refractivity contribution in [2.24, 2.45) is 0 Å². The lowest BCUT2D eigenvalue weighted by Crippen LogP contribution is -2.73. The predicted molar refractivity (Wildman–Crippen MR) is 112 cm³/mol. The van der Waals surface area contributed by atoms with Crippen molar-refractivity contribution in [1.29, 1.82) is 0 Å². The molecular formula is C24H30N3O+. The van der Waals surface area contributed by atoms with Gasteiger partial charge in [-0.2, -0.15) is 5.48 Å². The Morgan fingerprint density at radius 1 is 0.964 bits per heavy atom. The highest BCUT2D eigenvalue weighted by molar-refractivity contribution is 5.87. The number of benzene rings is 2. The molecule has 2 aliphatic carbocycles. The van der Waals surface area contributed by atoms with Gasteiger partial charge in [-0.25, -0.2) is 5.21 Å². The summed E-state index contributed by atoms with van der Waals surface area (Å²) in [6.07, 6.45) is 8.64. The third kappa shape index (κ3) is 3.37. The Kier molecular flexibility index (Phi) is 4.93. The van der Waals surface area contributed by atoms with Gasteiger partial charge in [0.15, 0.2) is 5.69 Å². The van der Waals surface area contributed by atoms with Crippen LogP contribution in [0.2, 0.25) is 0 Å². The SMILES string of the molecule is O[NH2+]c1ccc2[nH]c3c(c2c1)CCCC3NC1CCC(c2ccccc2)CC1. The maximum atomic E-state index is 9.36. The topological polar surface area (TPSA) is 64.7 Å². The van der Waals surface area contributed by atoms with Crippen molar-refractivity contribution in [3.05, 3.63) is 65.4 Å². The van der Waals surface area contributed by atoms with Crippen molar-refractivity contribution in [2.45, 2.75) is 62.9 Å². The normalized spacial score (nSPS) is 25.0. The molecular weight excluding hydrogens is 346 g/mol. The maximum Gasteiger partial charge on any atom is 0.162 e. The van der Waals surface area contributed by atoms with Crippen LogP contribution < -0.4 is 10.8 Å². The summed E-state index contributed by atoms with van der Waals surface area (Å²) >= 11 is 0. The minimum Gasteiger partial charge on any atom is -0.357 e. The zero-order valence-electron chi connectivity index (χ0n) is 16.3. The summed E-state index contributed by atoms with van der Waals surface area (Å²) in [5.41, 5.74) is 7.60. The molecule has 4 heteroatoms. The molecule has 1 unspecified atom stereocenters. The number of rotatable bonds is 4. The van der Waals surface area contributed by atoms with E-state index >= 15 is 0 Å². The lowest BCUT2D eigenvalue weighted by Gasteiger charge is -2.34. The molecule has 2 aliphatic rings. The second kappa shape index (κ2) is 7.70. The second-order valence-electron chi connectivity index (χ2n) is 8.52. The third-order valence-corrected chi connectivity index (χ3v) is 6.82. The smallest absolute Gasteiger partial charge is 0.162 e. The number of H-pyrrole nitrogens is 1. The summed E-state index contributed by atoms with van der Waals surface area (Å²) < 4.78 is 0. The molecule has 3 aromatic rings. The van der Waals surface area contributed by atoms with Crippen molar-refractivity contribution in [2.75, 3.05) is 0 Å². The Labute approximate surface area is 166 Å². The lowest BCUT2D eigenvalue weighted by molar-refractivity contribution is -0.825. The monoisotopic (exact) mass is 376 g/mol. The van der Waals surface area contributed by atoms with Gasteiger partial charge in [0, 0.05) is 40.8 Å². The molecule has 2 aromatic carbocycles. The molecule has 1 atom stereocenters. The van der Waals surface area contributed by atoms with Crippen molar-refractivity contribution < 1.29 is 10.7 Å². The van der Waals surface area contributed by atoms with Crippen molar-refractivity contribution >= 4 is 16.6 Å². The van der Waals surface area contributed by atoms with Crippen molar-refractivity contribution in [3.8, 4) is 0 Å². The van der Waals surface area contributed by atoms with E-state index in [0.717, 1.165) is 18.0 Å². The van der Waals surface area contributed by atoms with E-state index in [-0.39, 0.29) is 0 Å². The number of nitrogens with one attached hydrogen (secondary N) is 2. The van der Waals surface area contributed by atoms with Crippen LogP contribution in [0.3, 0.4) is 0 Å². The average Bonchev–Trinajstić information content (AvgIpc) is 3.14. The number of aromatic amines is 1. The highest BCUT2D eigenvalue weighted by atomic mass is 16.5. The van der Waals surface area contributed by atoms with E-state index in [4.69, 9.17) is 0 Å². The molecule has 1 aromatic heterocycles. The summed E-state index contributed by atoms with van der Waals surface area (Å²) in [5, 5.41) is 14.6. The maximum absolute atomic E-state index is 9.36. The van der Waals surface area contributed by atoms with Gasteiger partial charge in [0.1, 0.15) is 0 Å². The van der Waals surface area contributed by atoms with Gasteiger partial charge in [-0.1, -0.05) is 30.3 Å². The van der Waals surface area contributed by atoms with E-state index in [2.05, 4.69) is 52.8 Å². The largest absolute Gasteiger partial charge is 0.357 e. The summed E-state index contributed by atoms with van der Waals surface area (Å²) in [7, 11) is 0. The molecule has 1 saturated carbocycles. The van der Waals surface area contributed by atoms with Gasteiger partial charge in [0.05, 0.1) is 0 Å². The Morgan fingerprint density at radius 2 is 1.79 bits per heavy atom. The second-order valence-corrected chi connectivity index (χ2v) is 8.52. The fraction of sp³-hybridized carbons (Fsp3) is 0.417. The molecule has 0 radical (unpaired) electrons. The van der Waals surface area contributed by atoms with Gasteiger partial charge in [-0.05, 0) is 68.1 Å². The van der Waals surface area contributed by atoms with Crippen LogP contribution in [0.25, 0.3) is 10.9 Å². The number of aryl methyl sites for hydroxylation is 1. The Balaban J connectivity index is 1.30. The summed E-state index contributed by atoms with van der Waals surface area (Å²) in [6.45, 7) is 0. The minimum absolute atomic E-state index is 0.427. The molecule has 0 saturated heterocycles. The molecule has 4 nitrogen and oxygen atoms in total. The Bertz CT molecular complexity index is 941. The summed E-state index contributed by atoms with van der Waals surface area (Å²) in [5.74, 6) is 0.724. The van der Waals surface area contributed by atoms with Gasteiger partial charge in [-0.3, -0.25) is 0 Å². The first kappa shape index (κ1) is 17.9. The predicted octanol–water partition coefficient (Wildman–Crippen LogP) is 4.45. The fourth-order valence-corrected chi connectivity index (χ4v) is 5.33. The van der Waals surface area contributed by atoms with Crippen LogP contribution >= 0.6 is 0 Å². The standard InChI is InChI=1S/C24H29N3O/c28-27-19-13-14-22-21(15-19)20-7-4-8-23(24(20)26-22)25-18-11-9-17(10-12-18)16-5-2-1-3-6-16/h1-3,5-6,13-15,17-18,23,25-28H,4,7-12H2/p+1. The fourth-order valence-electron chi connectivity index (χ4n) is 5.33. The first-order chi connectivity index (χ1) is 13.8. The van der Waals surface area contributed by atoms with Gasteiger partial charge in [0.25, 0.3) is 0 Å². The van der Waals surface area contributed by atoms with Crippen LogP contribution in [0.4, 0.5) is 5.69 Å². The highest BCUT2D eigenvalue weighted by Gasteiger charge is 2.29. The molecule has 5 rings (SSSR count). The number of aromatic nitrogens is 1. The summed E-state index contributed by atoms with van der Waals surface area (Å²) in [4.78, 5) is 3.68. The van der Waals surface area contributed by atoms with Crippen LogP contribution in [0.1, 0.15) is 67.3 Å². The van der Waals surface area contributed by atoms with Gasteiger partial charge < -0.3 is 10.3 Å². The first-order valence-electron chi connectivity index (χ1n) is 10.7. The van der Waals surface area contributed by atoms with E-state index in [1.807, 2.05) is 6.07 Å². The first-order valence-corrected chi connectivity index (χ1v) is 10.7. The molecule has 146 valence electrons. The number of nitrogens with two attached hydrogens (primary N) is 1. The van der Waals surface area contributed by atoms with Gasteiger partial charge in [-0.15, -0.1) is 0 Å². The Morgan fingerprint density at radius 3 is 2.57 bits per heavy atom. The third-order valence-electron chi connectivity index (χ3n) is 6.82. The number of hydrogen-bond acceptors (Lipinski definition) is 2. The van der Waals surface area contributed by atoms with Crippen LogP contribution in [0, 0.1) is 0 Å². The van der Waals surface area contributed by atoms with Crippen LogP contribution in [-0.4, -0.2) is 16.2 Å². The quantitative estimate of drug-likeness (QED) is 0.402. The van der Waals surface area contributed by atoms with Crippen LogP contribution in [0.5, 0.6) is 0 Å². The van der Waals surface area contributed by atoms with Crippen molar-refractivity contribution in [3.63, 3.8) is 0 Å².